The first kappa shape index (κ1) is 29.5. The first-order chi connectivity index (χ1) is 25.1. The summed E-state index contributed by atoms with van der Waals surface area (Å²) < 4.78 is 6.85. The molecule has 242 valence electrons. The fraction of sp³-hybridized carbons (Fsp3) is 0.0612. The number of nitrogens with zero attached hydrogens (tertiary/aromatic N) is 1. The van der Waals surface area contributed by atoms with E-state index >= 15 is 0 Å². The van der Waals surface area contributed by atoms with E-state index < -0.39 is 0 Å². The van der Waals surface area contributed by atoms with Crippen molar-refractivity contribution < 1.29 is 4.42 Å². The molecule has 2 heteroatoms. The lowest BCUT2D eigenvalue weighted by molar-refractivity contribution is 0.659. The van der Waals surface area contributed by atoms with E-state index in [-0.39, 0.29) is 5.41 Å². The molecular weight excluding hydrogens is 619 g/mol. The summed E-state index contributed by atoms with van der Waals surface area (Å²) in [6.07, 6.45) is 0. The van der Waals surface area contributed by atoms with Gasteiger partial charge in [-0.25, -0.2) is 0 Å². The van der Waals surface area contributed by atoms with E-state index in [1.54, 1.807) is 0 Å². The summed E-state index contributed by atoms with van der Waals surface area (Å²) in [4.78, 5) is 2.42. The Morgan fingerprint density at radius 1 is 0.451 bits per heavy atom. The van der Waals surface area contributed by atoms with Crippen molar-refractivity contribution in [1.82, 2.24) is 0 Å². The van der Waals surface area contributed by atoms with Gasteiger partial charge in [0.05, 0.1) is 11.4 Å². The lowest BCUT2D eigenvalue weighted by atomic mass is 9.81. The molecule has 0 N–H and O–H groups in total. The molecule has 2 nitrogen and oxygen atoms in total. The Morgan fingerprint density at radius 2 is 1.04 bits per heavy atom. The van der Waals surface area contributed by atoms with E-state index in [1.807, 2.05) is 0 Å². The average molecular weight is 654 g/mol. The van der Waals surface area contributed by atoms with Crippen molar-refractivity contribution >= 4 is 49.8 Å². The lowest BCUT2D eigenvalue weighted by Gasteiger charge is -2.32. The molecule has 0 fully saturated rings. The molecule has 0 saturated carbocycles. The number of hydrogen-bond donors (Lipinski definition) is 0. The van der Waals surface area contributed by atoms with Crippen LogP contribution in [0.1, 0.15) is 25.0 Å². The number of rotatable bonds is 5. The zero-order valence-electron chi connectivity index (χ0n) is 28.6. The molecule has 0 saturated heterocycles. The first-order valence-electron chi connectivity index (χ1n) is 17.7. The largest absolute Gasteiger partial charge is 0.454 e. The third-order valence-electron chi connectivity index (χ3n) is 10.9. The first-order valence-corrected chi connectivity index (χ1v) is 17.7. The maximum absolute atomic E-state index is 6.85. The Balaban J connectivity index is 1.17. The van der Waals surface area contributed by atoms with Crippen LogP contribution in [0.25, 0.3) is 66.1 Å². The van der Waals surface area contributed by atoms with Gasteiger partial charge in [0.15, 0.2) is 5.58 Å². The highest BCUT2D eigenvalue weighted by Gasteiger charge is 2.39. The maximum atomic E-state index is 6.85. The van der Waals surface area contributed by atoms with Crippen molar-refractivity contribution in [2.75, 3.05) is 4.90 Å². The van der Waals surface area contributed by atoms with E-state index in [9.17, 15) is 0 Å². The van der Waals surface area contributed by atoms with Gasteiger partial charge in [-0.15, -0.1) is 0 Å². The van der Waals surface area contributed by atoms with Crippen molar-refractivity contribution in [1.29, 1.82) is 0 Å². The highest BCUT2D eigenvalue weighted by Crippen LogP contribution is 2.55. The molecular formula is C49H35NO. The van der Waals surface area contributed by atoms with Crippen LogP contribution in [0.5, 0.6) is 0 Å². The number of fused-ring (bicyclic) bond motifs is 8. The summed E-state index contributed by atoms with van der Waals surface area (Å²) in [5.74, 6) is 0. The van der Waals surface area contributed by atoms with E-state index in [2.05, 4.69) is 195 Å². The van der Waals surface area contributed by atoms with Crippen LogP contribution < -0.4 is 4.90 Å². The summed E-state index contributed by atoms with van der Waals surface area (Å²) in [7, 11) is 0. The highest BCUT2D eigenvalue weighted by molar-refractivity contribution is 6.21. The lowest BCUT2D eigenvalue weighted by Crippen LogP contribution is -2.20. The van der Waals surface area contributed by atoms with E-state index in [1.165, 1.54) is 55.3 Å². The highest BCUT2D eigenvalue weighted by atomic mass is 16.3. The molecule has 0 amide bonds. The van der Waals surface area contributed by atoms with Gasteiger partial charge in [-0.1, -0.05) is 159 Å². The van der Waals surface area contributed by atoms with Crippen LogP contribution in [0, 0.1) is 0 Å². The molecule has 0 spiro atoms. The molecule has 51 heavy (non-hydrogen) atoms. The molecule has 1 aromatic heterocycles. The predicted molar refractivity (Wildman–Crippen MR) is 214 cm³/mol. The molecule has 1 aliphatic carbocycles. The molecule has 1 aliphatic rings. The van der Waals surface area contributed by atoms with Crippen molar-refractivity contribution in [2.24, 2.45) is 0 Å². The number of hydrogen-bond acceptors (Lipinski definition) is 2. The van der Waals surface area contributed by atoms with Crippen LogP contribution in [-0.4, -0.2) is 0 Å². The van der Waals surface area contributed by atoms with Crippen LogP contribution >= 0.6 is 0 Å². The van der Waals surface area contributed by atoms with Crippen molar-refractivity contribution in [3.8, 4) is 33.4 Å². The minimum absolute atomic E-state index is 0.195. The van der Waals surface area contributed by atoms with E-state index in [0.717, 1.165) is 39.0 Å². The second kappa shape index (κ2) is 11.3. The fourth-order valence-electron chi connectivity index (χ4n) is 8.43. The van der Waals surface area contributed by atoms with Gasteiger partial charge in [-0.05, 0) is 85.6 Å². The van der Waals surface area contributed by atoms with Crippen LogP contribution in [0.15, 0.2) is 180 Å². The van der Waals surface area contributed by atoms with Gasteiger partial charge in [0.1, 0.15) is 5.58 Å². The topological polar surface area (TPSA) is 16.4 Å². The smallest absolute Gasteiger partial charge is 0.159 e. The van der Waals surface area contributed by atoms with Gasteiger partial charge < -0.3 is 9.32 Å². The normalized spacial score (nSPS) is 13.1. The van der Waals surface area contributed by atoms with E-state index in [0.29, 0.717) is 0 Å². The van der Waals surface area contributed by atoms with Crippen molar-refractivity contribution in [3.05, 3.63) is 187 Å². The molecule has 1 heterocycles. The van der Waals surface area contributed by atoms with Gasteiger partial charge in [0.2, 0.25) is 0 Å². The summed E-state index contributed by atoms with van der Waals surface area (Å²) in [5, 5.41) is 4.69. The van der Waals surface area contributed by atoms with Crippen LogP contribution in [0.3, 0.4) is 0 Å². The Bertz CT molecular complexity index is 2750. The second-order valence-electron chi connectivity index (χ2n) is 14.1. The molecule has 0 bridgehead atoms. The number of furan rings is 1. The van der Waals surface area contributed by atoms with E-state index in [4.69, 9.17) is 4.42 Å². The van der Waals surface area contributed by atoms with Crippen LogP contribution in [0.4, 0.5) is 17.1 Å². The molecule has 0 atom stereocenters. The summed E-state index contributed by atoms with van der Waals surface area (Å²) in [6, 6.07) is 63.5. The standard InChI is InChI=1S/C49H35NO/c1-49(2)42-19-9-8-16-39(42)40-17-10-20-43(47(40)49)50(37-29-26-35(27-30-37)34-24-22-33(23-25-34)32-12-4-3-5-13-32)44-21-11-18-41-46-38-15-7-6-14-36(38)28-31-45(46)51-48(41)44/h3-31H,1-2H3. The SMILES string of the molecule is CC1(C)c2ccccc2-c2cccc(N(c3ccc(-c4ccc(-c5ccccc5)cc4)cc3)c3cccc4c3oc3ccc5ccccc5c34)c21. The number of benzene rings is 8. The minimum atomic E-state index is -0.195. The van der Waals surface area contributed by atoms with Crippen molar-refractivity contribution in [3.63, 3.8) is 0 Å². The Labute approximate surface area is 297 Å². The summed E-state index contributed by atoms with van der Waals surface area (Å²) in [5.41, 5.74) is 14.9. The van der Waals surface area contributed by atoms with Gasteiger partial charge >= 0.3 is 0 Å². The zero-order chi connectivity index (χ0) is 34.1. The minimum Gasteiger partial charge on any atom is -0.454 e. The monoisotopic (exact) mass is 653 g/mol. The number of anilines is 3. The Kier molecular flexibility index (Phi) is 6.56. The third-order valence-corrected chi connectivity index (χ3v) is 10.9. The second-order valence-corrected chi connectivity index (χ2v) is 14.1. The number of para-hydroxylation sites is 1. The quantitative estimate of drug-likeness (QED) is 0.184. The Hall–Kier alpha value is -6.38. The average Bonchev–Trinajstić information content (AvgIpc) is 3.69. The van der Waals surface area contributed by atoms with Gasteiger partial charge in [-0.3, -0.25) is 0 Å². The molecule has 0 unspecified atom stereocenters. The molecule has 9 aromatic rings. The van der Waals surface area contributed by atoms with Crippen molar-refractivity contribution in [2.45, 2.75) is 19.3 Å². The summed E-state index contributed by atoms with van der Waals surface area (Å²) in [6.45, 7) is 4.71. The predicted octanol–water partition coefficient (Wildman–Crippen LogP) is 13.8. The zero-order valence-corrected chi connectivity index (χ0v) is 28.6. The van der Waals surface area contributed by atoms with Gasteiger partial charge in [0.25, 0.3) is 0 Å². The van der Waals surface area contributed by atoms with Gasteiger partial charge in [0, 0.05) is 21.9 Å². The fourth-order valence-corrected chi connectivity index (χ4v) is 8.43. The van der Waals surface area contributed by atoms with Gasteiger partial charge in [-0.2, -0.15) is 0 Å². The maximum Gasteiger partial charge on any atom is 0.159 e. The molecule has 10 rings (SSSR count). The molecule has 0 aliphatic heterocycles. The van der Waals surface area contributed by atoms with Crippen LogP contribution in [-0.2, 0) is 5.41 Å². The third kappa shape index (κ3) is 4.57. The molecule has 8 aromatic carbocycles. The Morgan fingerprint density at radius 3 is 1.82 bits per heavy atom. The van der Waals surface area contributed by atoms with Crippen LogP contribution in [0.2, 0.25) is 0 Å². The summed E-state index contributed by atoms with van der Waals surface area (Å²) >= 11 is 0. The molecule has 0 radical (unpaired) electrons.